The highest BCUT2D eigenvalue weighted by atomic mass is 35.5. The molecule has 0 radical (unpaired) electrons. The molecule has 2 fully saturated rings. The third-order valence-electron chi connectivity index (χ3n) is 4.82. The van der Waals surface area contributed by atoms with E-state index in [-0.39, 0.29) is 5.91 Å². The quantitative estimate of drug-likeness (QED) is 0.801. The molecular weight excluding hydrogens is 344 g/mol. The molecule has 0 N–H and O–H groups in total. The van der Waals surface area contributed by atoms with E-state index in [0.717, 1.165) is 18.7 Å². The van der Waals surface area contributed by atoms with E-state index in [1.165, 1.54) is 7.11 Å². The molecule has 0 unspecified atom stereocenters. The lowest BCUT2D eigenvalue weighted by atomic mass is 10.0. The first kappa shape index (κ1) is 17.8. The number of hydrogen-bond donors (Lipinski definition) is 0. The number of amides is 2. The summed E-state index contributed by atoms with van der Waals surface area (Å²) < 4.78 is 4.83. The Morgan fingerprint density at radius 1 is 1.16 bits per heavy atom. The maximum absolute atomic E-state index is 12.9. The van der Waals surface area contributed by atoms with Crippen LogP contribution in [0.4, 0.5) is 10.6 Å². The van der Waals surface area contributed by atoms with Crippen molar-refractivity contribution in [3.8, 4) is 0 Å². The third-order valence-corrected chi connectivity index (χ3v) is 5.05. The van der Waals surface area contributed by atoms with Crippen LogP contribution in [0.1, 0.15) is 19.3 Å². The molecule has 3 rings (SSSR count). The number of methoxy groups -OCH3 is 1. The first-order valence-corrected chi connectivity index (χ1v) is 8.98. The Bertz CT molecular complexity index is 617. The lowest BCUT2D eigenvalue weighted by Crippen LogP contribution is -2.57. The molecule has 0 spiro atoms. The summed E-state index contributed by atoms with van der Waals surface area (Å²) in [5.41, 5.74) is 0. The second kappa shape index (κ2) is 7.91. The molecule has 25 heavy (non-hydrogen) atoms. The van der Waals surface area contributed by atoms with Gasteiger partial charge in [0.15, 0.2) is 0 Å². The monoisotopic (exact) mass is 366 g/mol. The zero-order valence-electron chi connectivity index (χ0n) is 14.4. The number of piperazine rings is 1. The van der Waals surface area contributed by atoms with Gasteiger partial charge >= 0.3 is 6.09 Å². The minimum absolute atomic E-state index is 0.0221. The fourth-order valence-corrected chi connectivity index (χ4v) is 3.56. The van der Waals surface area contributed by atoms with Crippen LogP contribution < -0.4 is 4.90 Å². The van der Waals surface area contributed by atoms with Crippen molar-refractivity contribution in [1.29, 1.82) is 0 Å². The normalized spacial score (nSPS) is 21.2. The minimum atomic E-state index is -0.415. The topological polar surface area (TPSA) is 66.0 Å². The first-order chi connectivity index (χ1) is 12.1. The predicted octanol–water partition coefficient (Wildman–Crippen LogP) is 2.00. The fraction of sp³-hybridized carbons (Fsp3) is 0.588. The van der Waals surface area contributed by atoms with Crippen molar-refractivity contribution >= 4 is 29.4 Å². The maximum Gasteiger partial charge on any atom is 0.410 e. The molecule has 2 aliphatic heterocycles. The van der Waals surface area contributed by atoms with E-state index in [1.807, 2.05) is 17.0 Å². The zero-order valence-corrected chi connectivity index (χ0v) is 15.1. The van der Waals surface area contributed by atoms with Gasteiger partial charge in [-0.15, -0.1) is 0 Å². The number of nitrogens with zero attached hydrogens (tertiary/aromatic N) is 4. The zero-order chi connectivity index (χ0) is 17.8. The number of likely N-dealkylation sites (tertiary alicyclic amines) is 1. The number of pyridine rings is 1. The molecule has 1 atom stereocenters. The summed E-state index contributed by atoms with van der Waals surface area (Å²) in [7, 11) is 1.36. The molecule has 1 aromatic rings. The smallest absolute Gasteiger partial charge is 0.410 e. The molecule has 0 aliphatic carbocycles. The van der Waals surface area contributed by atoms with Crippen LogP contribution >= 0.6 is 11.6 Å². The summed E-state index contributed by atoms with van der Waals surface area (Å²) >= 11 is 5.88. The van der Waals surface area contributed by atoms with E-state index in [2.05, 4.69) is 9.88 Å². The molecule has 1 aromatic heterocycles. The summed E-state index contributed by atoms with van der Waals surface area (Å²) in [6.45, 7) is 3.25. The van der Waals surface area contributed by atoms with Gasteiger partial charge in [-0.05, 0) is 31.4 Å². The van der Waals surface area contributed by atoms with Crippen LogP contribution in [0.3, 0.4) is 0 Å². The van der Waals surface area contributed by atoms with Gasteiger partial charge in [-0.2, -0.15) is 0 Å². The highest BCUT2D eigenvalue weighted by Gasteiger charge is 2.36. The standard InChI is InChI=1S/C17H23ClN4O3/c1-25-17(24)22-7-3-2-4-14(22)16(23)21-10-8-20(9-11-21)15-6-5-13(18)12-19-15/h5-6,12,14H,2-4,7-11H2,1H3/t14-/m1/s1. The number of aromatic nitrogens is 1. The summed E-state index contributed by atoms with van der Waals surface area (Å²) in [6, 6.07) is 3.30. The second-order valence-corrected chi connectivity index (χ2v) is 6.76. The molecule has 2 amide bonds. The molecule has 8 heteroatoms. The molecular formula is C17H23ClN4O3. The summed E-state index contributed by atoms with van der Waals surface area (Å²) in [5, 5.41) is 0.609. The SMILES string of the molecule is COC(=O)N1CCCC[C@@H]1C(=O)N1CCN(c2ccc(Cl)cn2)CC1. The van der Waals surface area contributed by atoms with Gasteiger partial charge in [-0.3, -0.25) is 9.69 Å². The van der Waals surface area contributed by atoms with Crippen LogP contribution in [0.2, 0.25) is 5.02 Å². The van der Waals surface area contributed by atoms with Crippen LogP contribution in [-0.4, -0.2) is 72.7 Å². The number of rotatable bonds is 2. The van der Waals surface area contributed by atoms with Crippen LogP contribution in [0, 0.1) is 0 Å². The van der Waals surface area contributed by atoms with Crippen molar-refractivity contribution in [2.24, 2.45) is 0 Å². The van der Waals surface area contributed by atoms with Crippen LogP contribution in [0.25, 0.3) is 0 Å². The van der Waals surface area contributed by atoms with Crippen molar-refractivity contribution in [2.75, 3.05) is 44.7 Å². The lowest BCUT2D eigenvalue weighted by Gasteiger charge is -2.40. The van der Waals surface area contributed by atoms with Gasteiger partial charge in [-0.1, -0.05) is 11.6 Å². The lowest BCUT2D eigenvalue weighted by molar-refractivity contribution is -0.137. The molecule has 136 valence electrons. The number of hydrogen-bond acceptors (Lipinski definition) is 5. The van der Waals surface area contributed by atoms with Crippen molar-refractivity contribution in [3.63, 3.8) is 0 Å². The third kappa shape index (κ3) is 3.98. The maximum atomic E-state index is 12.9. The van der Waals surface area contributed by atoms with Gasteiger partial charge < -0.3 is 14.5 Å². The number of carbonyl (C=O) groups excluding carboxylic acids is 2. The highest BCUT2D eigenvalue weighted by molar-refractivity contribution is 6.30. The van der Waals surface area contributed by atoms with E-state index in [9.17, 15) is 9.59 Å². The second-order valence-electron chi connectivity index (χ2n) is 6.32. The van der Waals surface area contributed by atoms with Gasteiger partial charge in [0.1, 0.15) is 11.9 Å². The van der Waals surface area contributed by atoms with Crippen molar-refractivity contribution < 1.29 is 14.3 Å². The number of halogens is 1. The van der Waals surface area contributed by atoms with Crippen molar-refractivity contribution in [3.05, 3.63) is 23.4 Å². The van der Waals surface area contributed by atoms with Gasteiger partial charge in [0.2, 0.25) is 5.91 Å². The first-order valence-electron chi connectivity index (χ1n) is 8.60. The predicted molar refractivity (Wildman–Crippen MR) is 94.8 cm³/mol. The summed E-state index contributed by atoms with van der Waals surface area (Å²) in [4.78, 5) is 34.7. The number of piperidine rings is 1. The van der Waals surface area contributed by atoms with E-state index in [0.29, 0.717) is 44.2 Å². The van der Waals surface area contributed by atoms with Crippen LogP contribution in [0.15, 0.2) is 18.3 Å². The van der Waals surface area contributed by atoms with E-state index in [1.54, 1.807) is 11.1 Å². The number of anilines is 1. The molecule has 0 bridgehead atoms. The van der Waals surface area contributed by atoms with Crippen molar-refractivity contribution in [2.45, 2.75) is 25.3 Å². The van der Waals surface area contributed by atoms with Gasteiger partial charge in [0.05, 0.1) is 12.1 Å². The average Bonchev–Trinajstić information content (AvgIpc) is 2.67. The summed E-state index contributed by atoms with van der Waals surface area (Å²) in [6.07, 6.45) is 3.78. The van der Waals surface area contributed by atoms with Crippen molar-refractivity contribution in [1.82, 2.24) is 14.8 Å². The largest absolute Gasteiger partial charge is 0.453 e. The average molecular weight is 367 g/mol. The van der Waals surface area contributed by atoms with E-state index in [4.69, 9.17) is 16.3 Å². The van der Waals surface area contributed by atoms with Crippen LogP contribution in [0.5, 0.6) is 0 Å². The molecule has 0 saturated carbocycles. The Hall–Kier alpha value is -2.02. The van der Waals surface area contributed by atoms with Gasteiger partial charge in [0, 0.05) is 38.9 Å². The van der Waals surface area contributed by atoms with Gasteiger partial charge in [-0.25, -0.2) is 9.78 Å². The number of carbonyl (C=O) groups is 2. The minimum Gasteiger partial charge on any atom is -0.453 e. The van der Waals surface area contributed by atoms with E-state index < -0.39 is 12.1 Å². The summed E-state index contributed by atoms with van der Waals surface area (Å²) in [5.74, 6) is 0.888. The Labute approximate surface area is 152 Å². The molecule has 2 saturated heterocycles. The molecule has 2 aliphatic rings. The molecule has 7 nitrogen and oxygen atoms in total. The Morgan fingerprint density at radius 2 is 1.92 bits per heavy atom. The molecule has 3 heterocycles. The Kier molecular flexibility index (Phi) is 5.63. The van der Waals surface area contributed by atoms with E-state index >= 15 is 0 Å². The van der Waals surface area contributed by atoms with Crippen LogP contribution in [-0.2, 0) is 9.53 Å². The Balaban J connectivity index is 1.60. The highest BCUT2D eigenvalue weighted by Crippen LogP contribution is 2.22. The number of ether oxygens (including phenoxy) is 1. The molecule has 0 aromatic carbocycles. The Morgan fingerprint density at radius 3 is 2.56 bits per heavy atom. The van der Waals surface area contributed by atoms with Gasteiger partial charge in [0.25, 0.3) is 0 Å². The fourth-order valence-electron chi connectivity index (χ4n) is 3.45.